The number of aliphatic hydroxyl groups excluding tert-OH is 1. The van der Waals surface area contributed by atoms with Crippen LogP contribution in [0.25, 0.3) is 0 Å². The standard InChI is InChI=1S/C17H33NO2/c1-13(2)16-9-5-6-10-17(16)18-11-14(19)12-20-15-7-3-4-8-15/h13-19H,3-12H2,1-2H3. The summed E-state index contributed by atoms with van der Waals surface area (Å²) in [5.74, 6) is 1.51. The van der Waals surface area contributed by atoms with E-state index in [0.29, 0.717) is 25.3 Å². The van der Waals surface area contributed by atoms with Gasteiger partial charge in [0.1, 0.15) is 0 Å². The average molecular weight is 283 g/mol. The van der Waals surface area contributed by atoms with E-state index in [4.69, 9.17) is 4.74 Å². The summed E-state index contributed by atoms with van der Waals surface area (Å²) in [7, 11) is 0. The molecule has 0 spiro atoms. The van der Waals surface area contributed by atoms with Crippen LogP contribution in [-0.4, -0.2) is 36.5 Å². The van der Waals surface area contributed by atoms with Crippen molar-refractivity contribution >= 4 is 0 Å². The molecule has 3 heteroatoms. The third-order valence-corrected chi connectivity index (χ3v) is 5.12. The Hall–Kier alpha value is -0.120. The Morgan fingerprint density at radius 2 is 1.70 bits per heavy atom. The van der Waals surface area contributed by atoms with Gasteiger partial charge in [-0.2, -0.15) is 0 Å². The lowest BCUT2D eigenvalue weighted by atomic mass is 9.78. The summed E-state index contributed by atoms with van der Waals surface area (Å²) >= 11 is 0. The van der Waals surface area contributed by atoms with Crippen LogP contribution in [0.3, 0.4) is 0 Å². The van der Waals surface area contributed by atoms with E-state index in [9.17, 15) is 5.11 Å². The average Bonchev–Trinajstić information content (AvgIpc) is 2.96. The maximum Gasteiger partial charge on any atom is 0.0897 e. The van der Waals surface area contributed by atoms with Crippen LogP contribution in [0.4, 0.5) is 0 Å². The number of hydrogen-bond acceptors (Lipinski definition) is 3. The molecule has 0 heterocycles. The van der Waals surface area contributed by atoms with Crippen LogP contribution in [0.5, 0.6) is 0 Å². The normalized spacial score (nSPS) is 30.0. The zero-order valence-electron chi connectivity index (χ0n) is 13.3. The Balaban J connectivity index is 1.64. The summed E-state index contributed by atoms with van der Waals surface area (Å²) in [6.45, 7) is 5.83. The Morgan fingerprint density at radius 3 is 2.40 bits per heavy atom. The molecule has 0 aromatic rings. The molecule has 2 saturated carbocycles. The van der Waals surface area contributed by atoms with E-state index < -0.39 is 0 Å². The molecule has 2 aliphatic carbocycles. The van der Waals surface area contributed by atoms with Crippen molar-refractivity contribution in [2.45, 2.75) is 83.5 Å². The lowest BCUT2D eigenvalue weighted by Gasteiger charge is -2.35. The molecule has 3 unspecified atom stereocenters. The van der Waals surface area contributed by atoms with E-state index >= 15 is 0 Å². The molecule has 3 nitrogen and oxygen atoms in total. The number of rotatable bonds is 7. The first-order valence-corrected chi connectivity index (χ1v) is 8.70. The van der Waals surface area contributed by atoms with Gasteiger partial charge in [-0.1, -0.05) is 39.5 Å². The molecule has 0 aromatic heterocycles. The van der Waals surface area contributed by atoms with Gasteiger partial charge in [0.2, 0.25) is 0 Å². The fourth-order valence-electron chi connectivity index (χ4n) is 3.86. The minimum absolute atomic E-state index is 0.356. The summed E-state index contributed by atoms with van der Waals surface area (Å²) in [5, 5.41) is 13.7. The molecule has 0 aliphatic heterocycles. The molecule has 0 amide bonds. The summed E-state index contributed by atoms with van der Waals surface area (Å²) in [6.07, 6.45) is 10.3. The fraction of sp³-hybridized carbons (Fsp3) is 1.00. The third kappa shape index (κ3) is 5.01. The second-order valence-electron chi connectivity index (χ2n) is 7.10. The monoisotopic (exact) mass is 283 g/mol. The predicted octanol–water partition coefficient (Wildman–Crippen LogP) is 3.11. The SMILES string of the molecule is CC(C)C1CCCCC1NCC(O)COC1CCCC1. The van der Waals surface area contributed by atoms with Crippen molar-refractivity contribution in [1.29, 1.82) is 0 Å². The third-order valence-electron chi connectivity index (χ3n) is 5.12. The van der Waals surface area contributed by atoms with Gasteiger partial charge < -0.3 is 15.2 Å². The van der Waals surface area contributed by atoms with Crippen molar-refractivity contribution in [2.24, 2.45) is 11.8 Å². The van der Waals surface area contributed by atoms with Gasteiger partial charge in [0.25, 0.3) is 0 Å². The first-order chi connectivity index (χ1) is 9.66. The molecule has 3 atom stereocenters. The van der Waals surface area contributed by atoms with E-state index in [1.165, 1.54) is 51.4 Å². The van der Waals surface area contributed by atoms with E-state index in [1.54, 1.807) is 0 Å². The Bertz CT molecular complexity index is 264. The van der Waals surface area contributed by atoms with Crippen LogP contribution in [-0.2, 0) is 4.74 Å². The molecule has 0 saturated heterocycles. The molecule has 2 N–H and O–H groups in total. The van der Waals surface area contributed by atoms with Gasteiger partial charge in [-0.3, -0.25) is 0 Å². The molecule has 0 aromatic carbocycles. The fourth-order valence-corrected chi connectivity index (χ4v) is 3.86. The van der Waals surface area contributed by atoms with Crippen molar-refractivity contribution < 1.29 is 9.84 Å². The molecule has 20 heavy (non-hydrogen) atoms. The van der Waals surface area contributed by atoms with Crippen molar-refractivity contribution in [3.05, 3.63) is 0 Å². The van der Waals surface area contributed by atoms with Crippen LogP contribution in [0.1, 0.15) is 65.2 Å². The maximum atomic E-state index is 10.1. The van der Waals surface area contributed by atoms with Crippen LogP contribution >= 0.6 is 0 Å². The van der Waals surface area contributed by atoms with Crippen molar-refractivity contribution in [3.8, 4) is 0 Å². The van der Waals surface area contributed by atoms with Gasteiger partial charge in [-0.05, 0) is 37.5 Å². The highest BCUT2D eigenvalue weighted by Crippen LogP contribution is 2.30. The van der Waals surface area contributed by atoms with E-state index in [1.807, 2.05) is 0 Å². The highest BCUT2D eigenvalue weighted by Gasteiger charge is 2.27. The second kappa shape index (κ2) is 8.35. The predicted molar refractivity (Wildman–Crippen MR) is 82.8 cm³/mol. The van der Waals surface area contributed by atoms with Crippen molar-refractivity contribution in [1.82, 2.24) is 5.32 Å². The lowest BCUT2D eigenvalue weighted by Crippen LogP contribution is -2.44. The zero-order valence-corrected chi connectivity index (χ0v) is 13.3. The first kappa shape index (κ1) is 16.3. The highest BCUT2D eigenvalue weighted by atomic mass is 16.5. The summed E-state index contributed by atoms with van der Waals surface area (Å²) in [5.41, 5.74) is 0. The van der Waals surface area contributed by atoms with Crippen LogP contribution in [0.2, 0.25) is 0 Å². The first-order valence-electron chi connectivity index (χ1n) is 8.70. The molecular weight excluding hydrogens is 250 g/mol. The number of ether oxygens (including phenoxy) is 1. The van der Waals surface area contributed by atoms with Gasteiger partial charge in [-0.15, -0.1) is 0 Å². The largest absolute Gasteiger partial charge is 0.389 e. The lowest BCUT2D eigenvalue weighted by molar-refractivity contribution is -0.00771. The smallest absolute Gasteiger partial charge is 0.0897 e. The summed E-state index contributed by atoms with van der Waals surface area (Å²) in [6, 6.07) is 0.588. The number of nitrogens with one attached hydrogen (secondary N) is 1. The van der Waals surface area contributed by atoms with Gasteiger partial charge in [0.15, 0.2) is 0 Å². The Kier molecular flexibility index (Phi) is 6.79. The number of hydrogen-bond donors (Lipinski definition) is 2. The molecular formula is C17H33NO2. The summed E-state index contributed by atoms with van der Waals surface area (Å²) in [4.78, 5) is 0. The topological polar surface area (TPSA) is 41.5 Å². The van der Waals surface area contributed by atoms with E-state index in [0.717, 1.165) is 11.8 Å². The van der Waals surface area contributed by atoms with E-state index in [2.05, 4.69) is 19.2 Å². The van der Waals surface area contributed by atoms with Crippen molar-refractivity contribution in [3.63, 3.8) is 0 Å². The molecule has 0 bridgehead atoms. The van der Waals surface area contributed by atoms with Crippen LogP contribution < -0.4 is 5.32 Å². The van der Waals surface area contributed by atoms with Gasteiger partial charge in [0, 0.05) is 12.6 Å². The molecule has 0 radical (unpaired) electrons. The van der Waals surface area contributed by atoms with E-state index in [-0.39, 0.29) is 6.10 Å². The van der Waals surface area contributed by atoms with Gasteiger partial charge in [0.05, 0.1) is 18.8 Å². The highest BCUT2D eigenvalue weighted by molar-refractivity contribution is 4.83. The minimum Gasteiger partial charge on any atom is -0.389 e. The molecule has 2 aliphatic rings. The summed E-state index contributed by atoms with van der Waals surface area (Å²) < 4.78 is 5.79. The zero-order chi connectivity index (χ0) is 14.4. The van der Waals surface area contributed by atoms with Crippen molar-refractivity contribution in [2.75, 3.05) is 13.2 Å². The maximum absolute atomic E-state index is 10.1. The van der Waals surface area contributed by atoms with Gasteiger partial charge in [-0.25, -0.2) is 0 Å². The Labute approximate surface area is 124 Å². The molecule has 118 valence electrons. The Morgan fingerprint density at radius 1 is 1.05 bits per heavy atom. The molecule has 2 rings (SSSR count). The quantitative estimate of drug-likeness (QED) is 0.754. The van der Waals surface area contributed by atoms with Crippen LogP contribution in [0.15, 0.2) is 0 Å². The van der Waals surface area contributed by atoms with Gasteiger partial charge >= 0.3 is 0 Å². The molecule has 2 fully saturated rings. The second-order valence-corrected chi connectivity index (χ2v) is 7.10. The van der Waals surface area contributed by atoms with Crippen LogP contribution in [0, 0.1) is 11.8 Å². The number of aliphatic hydroxyl groups is 1. The minimum atomic E-state index is -0.356.